The number of aryl methyl sites for hydroxylation is 1. The van der Waals surface area contributed by atoms with Gasteiger partial charge in [-0.1, -0.05) is 42.4 Å². The van der Waals surface area contributed by atoms with Gasteiger partial charge in [0.15, 0.2) is 11.0 Å². The molecule has 7 nitrogen and oxygen atoms in total. The summed E-state index contributed by atoms with van der Waals surface area (Å²) in [5.74, 6) is 1.48. The minimum atomic E-state index is -0.103. The maximum Gasteiger partial charge on any atom is 0.236 e. The van der Waals surface area contributed by atoms with E-state index in [1.807, 2.05) is 11.6 Å². The number of thioether (sulfide) groups is 1. The molecule has 0 radical (unpaired) electrons. The van der Waals surface area contributed by atoms with Gasteiger partial charge in [0.25, 0.3) is 0 Å². The molecule has 29 heavy (non-hydrogen) atoms. The fourth-order valence-corrected chi connectivity index (χ4v) is 6.00. The van der Waals surface area contributed by atoms with Crippen molar-refractivity contribution in [1.29, 1.82) is 0 Å². The van der Waals surface area contributed by atoms with Crippen LogP contribution in [0.15, 0.2) is 10.5 Å². The van der Waals surface area contributed by atoms with Crippen LogP contribution in [0, 0.1) is 13.8 Å². The predicted molar refractivity (Wildman–Crippen MR) is 119 cm³/mol. The molecule has 0 spiro atoms. The average Bonchev–Trinajstić information content (AvgIpc) is 3.42. The lowest BCUT2D eigenvalue weighted by Crippen LogP contribution is -2.14. The second kappa shape index (κ2) is 8.93. The van der Waals surface area contributed by atoms with Gasteiger partial charge in [-0.3, -0.25) is 10.1 Å². The van der Waals surface area contributed by atoms with E-state index in [-0.39, 0.29) is 11.7 Å². The Morgan fingerprint density at radius 2 is 2.00 bits per heavy atom. The monoisotopic (exact) mass is 448 g/mol. The Balaban J connectivity index is 1.34. The molecule has 0 bridgehead atoms. The quantitative estimate of drug-likeness (QED) is 0.546. The lowest BCUT2D eigenvalue weighted by Gasteiger charge is -2.18. The fraction of sp³-hybridized carbons (Fsp3) is 0.526. The number of hydrogen-bond acceptors (Lipinski definition) is 8. The minimum absolute atomic E-state index is 0.103. The Bertz CT molecular complexity index is 1000. The van der Waals surface area contributed by atoms with Gasteiger partial charge in [-0.2, -0.15) is 0 Å². The Hall–Kier alpha value is -1.78. The second-order valence-electron chi connectivity index (χ2n) is 7.31. The molecule has 154 valence electrons. The van der Waals surface area contributed by atoms with E-state index >= 15 is 0 Å². The van der Waals surface area contributed by atoms with Gasteiger partial charge in [0, 0.05) is 28.8 Å². The smallest absolute Gasteiger partial charge is 0.236 e. The molecule has 3 aromatic rings. The van der Waals surface area contributed by atoms with Crippen molar-refractivity contribution in [3.63, 3.8) is 0 Å². The fourth-order valence-electron chi connectivity index (χ4n) is 3.49. The van der Waals surface area contributed by atoms with Gasteiger partial charge >= 0.3 is 0 Å². The summed E-state index contributed by atoms with van der Waals surface area (Å²) in [6.45, 7) is 4.20. The van der Waals surface area contributed by atoms with Crippen LogP contribution in [-0.4, -0.2) is 36.6 Å². The number of thiophene rings is 1. The Morgan fingerprint density at radius 1 is 1.21 bits per heavy atom. The van der Waals surface area contributed by atoms with E-state index in [2.05, 4.69) is 44.9 Å². The standard InChI is InChI=1S/C19H24N6OS3/c1-11-12(2)27-9-14(11)16-21-24-19(25(16)3)28-10-15(26)20-18-23-22-17(29-18)13-7-5-4-6-8-13/h9,13H,4-8,10H2,1-3H3,(H,20,23,26). The summed E-state index contributed by atoms with van der Waals surface area (Å²) in [7, 11) is 1.93. The molecule has 0 saturated heterocycles. The van der Waals surface area contributed by atoms with E-state index < -0.39 is 0 Å². The lowest BCUT2D eigenvalue weighted by atomic mass is 9.90. The van der Waals surface area contributed by atoms with Crippen molar-refractivity contribution in [1.82, 2.24) is 25.0 Å². The number of carbonyl (C=O) groups is 1. The molecule has 1 fully saturated rings. The first kappa shape index (κ1) is 20.5. The van der Waals surface area contributed by atoms with E-state index in [4.69, 9.17) is 0 Å². The number of nitrogens with zero attached hydrogens (tertiary/aromatic N) is 5. The van der Waals surface area contributed by atoms with Crippen LogP contribution in [-0.2, 0) is 11.8 Å². The average molecular weight is 449 g/mol. The van der Waals surface area contributed by atoms with E-state index in [9.17, 15) is 4.79 Å². The SMILES string of the molecule is Cc1scc(-c2nnc(SCC(=O)Nc3nnc(C4CCCCC4)s3)n2C)c1C. The normalized spacial score (nSPS) is 15.0. The highest BCUT2D eigenvalue weighted by Gasteiger charge is 2.21. The van der Waals surface area contributed by atoms with Gasteiger partial charge in [0.1, 0.15) is 5.01 Å². The van der Waals surface area contributed by atoms with Gasteiger partial charge in [-0.15, -0.1) is 31.7 Å². The molecule has 0 unspecified atom stereocenters. The first-order valence-electron chi connectivity index (χ1n) is 9.73. The second-order valence-corrected chi connectivity index (χ2v) is 10.3. The molecule has 1 aliphatic rings. The molecule has 1 amide bonds. The van der Waals surface area contributed by atoms with Crippen LogP contribution in [0.1, 0.15) is 53.5 Å². The van der Waals surface area contributed by atoms with Crippen LogP contribution in [0.2, 0.25) is 0 Å². The highest BCUT2D eigenvalue weighted by Crippen LogP contribution is 2.35. The summed E-state index contributed by atoms with van der Waals surface area (Å²) in [5, 5.41) is 24.4. The van der Waals surface area contributed by atoms with Gasteiger partial charge < -0.3 is 4.57 Å². The number of hydrogen-bond donors (Lipinski definition) is 1. The number of nitrogens with one attached hydrogen (secondary N) is 1. The third-order valence-corrected chi connectivity index (χ3v) is 8.37. The van der Waals surface area contributed by atoms with Crippen molar-refractivity contribution in [3.05, 3.63) is 20.8 Å². The molecule has 1 saturated carbocycles. The zero-order valence-corrected chi connectivity index (χ0v) is 19.2. The molecule has 3 heterocycles. The molecule has 0 atom stereocenters. The Kier molecular flexibility index (Phi) is 6.31. The zero-order valence-electron chi connectivity index (χ0n) is 16.8. The van der Waals surface area contributed by atoms with E-state index in [1.54, 1.807) is 11.3 Å². The lowest BCUT2D eigenvalue weighted by molar-refractivity contribution is -0.113. The van der Waals surface area contributed by atoms with E-state index in [0.717, 1.165) is 21.6 Å². The first-order valence-corrected chi connectivity index (χ1v) is 12.4. The molecular weight excluding hydrogens is 424 g/mol. The van der Waals surface area contributed by atoms with Crippen LogP contribution in [0.3, 0.4) is 0 Å². The van der Waals surface area contributed by atoms with Crippen molar-refractivity contribution in [2.45, 2.75) is 57.0 Å². The molecule has 0 aliphatic heterocycles. The third-order valence-electron chi connectivity index (χ3n) is 5.34. The zero-order chi connectivity index (χ0) is 20.4. The molecular formula is C19H24N6OS3. The van der Waals surface area contributed by atoms with Crippen LogP contribution < -0.4 is 5.32 Å². The highest BCUT2D eigenvalue weighted by molar-refractivity contribution is 7.99. The van der Waals surface area contributed by atoms with Gasteiger partial charge in [-0.05, 0) is 32.3 Å². The predicted octanol–water partition coefficient (Wildman–Crippen LogP) is 4.79. The summed E-state index contributed by atoms with van der Waals surface area (Å²) in [4.78, 5) is 13.6. The molecule has 1 aliphatic carbocycles. The van der Waals surface area contributed by atoms with Crippen LogP contribution >= 0.6 is 34.4 Å². The van der Waals surface area contributed by atoms with Crippen LogP contribution in [0.5, 0.6) is 0 Å². The Labute approximate surface area is 182 Å². The number of anilines is 1. The summed E-state index contributed by atoms with van der Waals surface area (Å²) in [5.41, 5.74) is 2.33. The highest BCUT2D eigenvalue weighted by atomic mass is 32.2. The molecule has 1 N–H and O–H groups in total. The number of rotatable bonds is 6. The van der Waals surface area contributed by atoms with Gasteiger partial charge in [0.05, 0.1) is 5.75 Å². The topological polar surface area (TPSA) is 85.6 Å². The van der Waals surface area contributed by atoms with E-state index in [0.29, 0.717) is 11.0 Å². The molecule has 4 rings (SSSR count). The van der Waals surface area contributed by atoms with Crippen LogP contribution in [0.4, 0.5) is 5.13 Å². The Morgan fingerprint density at radius 3 is 2.72 bits per heavy atom. The maximum absolute atomic E-state index is 12.4. The molecule has 10 heteroatoms. The third kappa shape index (κ3) is 4.54. The molecule has 3 aromatic heterocycles. The van der Waals surface area contributed by atoms with Crippen molar-refractivity contribution >= 4 is 45.5 Å². The van der Waals surface area contributed by atoms with Crippen LogP contribution in [0.25, 0.3) is 11.4 Å². The van der Waals surface area contributed by atoms with Crippen molar-refractivity contribution < 1.29 is 4.79 Å². The first-order chi connectivity index (χ1) is 14.0. The van der Waals surface area contributed by atoms with E-state index in [1.165, 1.54) is 65.6 Å². The maximum atomic E-state index is 12.4. The number of amides is 1. The van der Waals surface area contributed by atoms with Crippen molar-refractivity contribution in [3.8, 4) is 11.4 Å². The summed E-state index contributed by atoms with van der Waals surface area (Å²) in [6, 6.07) is 0. The van der Waals surface area contributed by atoms with Crippen molar-refractivity contribution in [2.75, 3.05) is 11.1 Å². The summed E-state index contributed by atoms with van der Waals surface area (Å²) < 4.78 is 1.94. The number of carbonyl (C=O) groups excluding carboxylic acids is 1. The van der Waals surface area contributed by atoms with Gasteiger partial charge in [0.2, 0.25) is 11.0 Å². The summed E-state index contributed by atoms with van der Waals surface area (Å²) >= 11 is 4.59. The summed E-state index contributed by atoms with van der Waals surface area (Å²) in [6.07, 6.45) is 6.18. The van der Waals surface area contributed by atoms with Gasteiger partial charge in [-0.25, -0.2) is 0 Å². The molecule has 0 aromatic carbocycles. The number of aromatic nitrogens is 5. The minimum Gasteiger partial charge on any atom is -0.305 e. The largest absolute Gasteiger partial charge is 0.305 e. The van der Waals surface area contributed by atoms with Crippen molar-refractivity contribution in [2.24, 2.45) is 7.05 Å².